The summed E-state index contributed by atoms with van der Waals surface area (Å²) in [6, 6.07) is -1.20. The van der Waals surface area contributed by atoms with Crippen molar-refractivity contribution < 1.29 is 26.7 Å². The highest BCUT2D eigenvalue weighted by Gasteiger charge is 2.47. The van der Waals surface area contributed by atoms with Crippen LogP contribution in [0.25, 0.3) is 0 Å². The molecule has 1 aliphatic heterocycles. The van der Waals surface area contributed by atoms with E-state index in [-0.39, 0.29) is 11.7 Å². The van der Waals surface area contributed by atoms with Gasteiger partial charge in [-0.2, -0.15) is 4.31 Å². The van der Waals surface area contributed by atoms with Crippen molar-refractivity contribution in [3.63, 3.8) is 0 Å². The summed E-state index contributed by atoms with van der Waals surface area (Å²) in [5, 5.41) is 7.47. The number of thioether (sulfide) groups is 1. The van der Waals surface area contributed by atoms with E-state index in [1.807, 2.05) is 0 Å². The van der Waals surface area contributed by atoms with Crippen molar-refractivity contribution in [2.24, 2.45) is 5.92 Å². The van der Waals surface area contributed by atoms with Gasteiger partial charge in [-0.05, 0) is 5.92 Å². The fourth-order valence-corrected chi connectivity index (χ4v) is 7.66. The molecule has 1 heterocycles. The molecule has 7 nitrogen and oxygen atoms in total. The Labute approximate surface area is 117 Å². The number of nitrogens with zero attached hydrogens (tertiary/aromatic N) is 1. The van der Waals surface area contributed by atoms with E-state index in [1.54, 1.807) is 13.8 Å². The minimum Gasteiger partial charge on any atom is -0.480 e. The third kappa shape index (κ3) is 4.07. The normalized spacial score (nSPS) is 25.9. The quantitative estimate of drug-likeness (QED) is 0.743. The Balaban J connectivity index is 3.19. The van der Waals surface area contributed by atoms with Gasteiger partial charge in [-0.15, -0.1) is 11.8 Å². The Hall–Kier alpha value is -0.320. The van der Waals surface area contributed by atoms with Crippen molar-refractivity contribution in [1.29, 1.82) is 0 Å². The predicted octanol–water partition coefficient (Wildman–Crippen LogP) is -0.198. The Morgan fingerprint density at radius 2 is 1.89 bits per heavy atom. The fraction of sp³-hybridized carbons (Fsp3) is 0.889. The average molecular weight is 331 g/mol. The summed E-state index contributed by atoms with van der Waals surface area (Å²) >= 11 is 1.22. The first-order chi connectivity index (χ1) is 8.46. The Morgan fingerprint density at radius 1 is 1.37 bits per heavy atom. The minimum atomic E-state index is -4.16. The second-order valence-corrected chi connectivity index (χ2v) is 10.3. The zero-order valence-electron chi connectivity index (χ0n) is 10.8. The van der Waals surface area contributed by atoms with Crippen molar-refractivity contribution >= 4 is 37.6 Å². The molecule has 1 saturated heterocycles. The molecule has 1 rings (SSSR count). The molecule has 0 aromatic heterocycles. The summed E-state index contributed by atoms with van der Waals surface area (Å²) in [5.74, 6) is -1.24. The summed E-state index contributed by atoms with van der Waals surface area (Å²) in [6.45, 7) is 3.54. The van der Waals surface area contributed by atoms with Crippen LogP contribution < -0.4 is 0 Å². The first-order valence-corrected chi connectivity index (χ1v) is 10.2. The molecular weight excluding hydrogens is 314 g/mol. The second kappa shape index (κ2) is 5.58. The highest BCUT2D eigenvalue weighted by Crippen LogP contribution is 2.36. The molecule has 1 fully saturated rings. The van der Waals surface area contributed by atoms with Crippen LogP contribution in [0.2, 0.25) is 0 Å². The van der Waals surface area contributed by atoms with Crippen molar-refractivity contribution in [1.82, 2.24) is 4.31 Å². The zero-order chi connectivity index (χ0) is 15.0. The summed E-state index contributed by atoms with van der Waals surface area (Å²) in [5.41, 5.74) is 0. The Morgan fingerprint density at radius 3 is 2.26 bits per heavy atom. The maximum absolute atomic E-state index is 12.1. The first-order valence-electron chi connectivity index (χ1n) is 5.49. The number of aliphatic carboxylic acids is 1. The molecule has 0 amide bonds. The monoisotopic (exact) mass is 331 g/mol. The van der Waals surface area contributed by atoms with Gasteiger partial charge in [0.1, 0.15) is 6.04 Å². The number of hydrogen-bond donors (Lipinski definition) is 1. The number of carboxylic acids is 1. The van der Waals surface area contributed by atoms with Gasteiger partial charge in [0.25, 0.3) is 0 Å². The lowest BCUT2D eigenvalue weighted by molar-refractivity contribution is -0.140. The van der Waals surface area contributed by atoms with Gasteiger partial charge in [-0.3, -0.25) is 4.79 Å². The van der Waals surface area contributed by atoms with E-state index in [0.717, 1.165) is 10.6 Å². The van der Waals surface area contributed by atoms with Gasteiger partial charge >= 0.3 is 5.97 Å². The molecule has 2 atom stereocenters. The molecule has 1 aliphatic rings. The molecule has 112 valence electrons. The zero-order valence-corrected chi connectivity index (χ0v) is 13.3. The molecule has 0 saturated carbocycles. The molecular formula is C9H17NO6S3. The van der Waals surface area contributed by atoms with Crippen LogP contribution in [0.4, 0.5) is 0 Å². The third-order valence-electron chi connectivity index (χ3n) is 2.52. The number of sulfone groups is 1. The Bertz CT molecular complexity index is 553. The van der Waals surface area contributed by atoms with Crippen LogP contribution in [0.15, 0.2) is 0 Å². The Kier molecular flexibility index (Phi) is 4.92. The smallest absolute Gasteiger partial charge is 0.322 e. The van der Waals surface area contributed by atoms with E-state index >= 15 is 0 Å². The lowest BCUT2D eigenvalue weighted by atomic mass is 10.2. The molecule has 1 N–H and O–H groups in total. The van der Waals surface area contributed by atoms with Gasteiger partial charge < -0.3 is 5.11 Å². The minimum absolute atomic E-state index is 0.108. The van der Waals surface area contributed by atoms with E-state index in [1.165, 1.54) is 11.8 Å². The maximum atomic E-state index is 12.1. The van der Waals surface area contributed by atoms with Crippen LogP contribution in [0, 0.1) is 5.92 Å². The summed E-state index contributed by atoms with van der Waals surface area (Å²) in [7, 11) is -7.91. The van der Waals surface area contributed by atoms with Crippen molar-refractivity contribution in [2.75, 3.05) is 17.1 Å². The van der Waals surface area contributed by atoms with Crippen LogP contribution in [0.3, 0.4) is 0 Å². The van der Waals surface area contributed by atoms with E-state index in [9.17, 15) is 21.6 Å². The molecule has 0 aromatic carbocycles. The highest BCUT2D eigenvalue weighted by molar-refractivity contribution is 8.07. The van der Waals surface area contributed by atoms with Gasteiger partial charge in [0.2, 0.25) is 10.0 Å². The summed E-state index contributed by atoms with van der Waals surface area (Å²) in [4.78, 5) is 11.1. The number of sulfonamides is 1. The standard InChI is InChI=1S/C9H17NO6S3/c1-6(2)8-10(7(4-17-8)9(11)12)19(15,16)5-18(3,13)14/h6-8H,4-5H2,1-3H3,(H,11,12). The number of carboxylic acid groups (broad SMARTS) is 1. The van der Waals surface area contributed by atoms with Crippen LogP contribution in [-0.4, -0.2) is 60.7 Å². The van der Waals surface area contributed by atoms with Gasteiger partial charge in [0.05, 0.1) is 5.37 Å². The van der Waals surface area contributed by atoms with Crippen LogP contribution in [-0.2, 0) is 24.7 Å². The fourth-order valence-electron chi connectivity index (χ4n) is 1.86. The van der Waals surface area contributed by atoms with Gasteiger partial charge in [-0.25, -0.2) is 16.8 Å². The molecule has 0 aromatic rings. The molecule has 0 bridgehead atoms. The number of carbonyl (C=O) groups is 1. The van der Waals surface area contributed by atoms with Crippen molar-refractivity contribution in [2.45, 2.75) is 25.3 Å². The van der Waals surface area contributed by atoms with E-state index in [2.05, 4.69) is 0 Å². The lowest BCUT2D eigenvalue weighted by Crippen LogP contribution is -2.48. The lowest BCUT2D eigenvalue weighted by Gasteiger charge is -2.28. The van der Waals surface area contributed by atoms with Gasteiger partial charge in [-0.1, -0.05) is 13.8 Å². The largest absolute Gasteiger partial charge is 0.480 e. The molecule has 2 unspecified atom stereocenters. The number of rotatable bonds is 5. The summed E-state index contributed by atoms with van der Waals surface area (Å²) in [6.07, 6.45) is 0.813. The predicted molar refractivity (Wildman–Crippen MR) is 73.0 cm³/mol. The van der Waals surface area contributed by atoms with Gasteiger partial charge in [0, 0.05) is 12.0 Å². The first kappa shape index (κ1) is 16.7. The molecule has 0 radical (unpaired) electrons. The van der Waals surface area contributed by atoms with Crippen LogP contribution >= 0.6 is 11.8 Å². The van der Waals surface area contributed by atoms with Gasteiger partial charge in [0.15, 0.2) is 14.9 Å². The number of hydrogen-bond acceptors (Lipinski definition) is 6. The molecule has 19 heavy (non-hydrogen) atoms. The van der Waals surface area contributed by atoms with Crippen molar-refractivity contribution in [3.05, 3.63) is 0 Å². The summed E-state index contributed by atoms with van der Waals surface area (Å²) < 4.78 is 47.5. The third-order valence-corrected chi connectivity index (χ3v) is 8.31. The second-order valence-electron chi connectivity index (χ2n) is 4.81. The van der Waals surface area contributed by atoms with Crippen LogP contribution in [0.1, 0.15) is 13.8 Å². The average Bonchev–Trinajstić information content (AvgIpc) is 2.57. The van der Waals surface area contributed by atoms with E-state index in [0.29, 0.717) is 0 Å². The van der Waals surface area contributed by atoms with Crippen molar-refractivity contribution in [3.8, 4) is 0 Å². The van der Waals surface area contributed by atoms with E-state index < -0.39 is 42.3 Å². The van der Waals surface area contributed by atoms with Crippen LogP contribution in [0.5, 0.6) is 0 Å². The molecule has 0 aliphatic carbocycles. The topological polar surface area (TPSA) is 109 Å². The highest BCUT2D eigenvalue weighted by atomic mass is 32.3. The molecule has 0 spiro atoms. The maximum Gasteiger partial charge on any atom is 0.322 e. The van der Waals surface area contributed by atoms with E-state index in [4.69, 9.17) is 5.11 Å². The SMILES string of the molecule is CC(C)C1SCC(C(=O)O)N1S(=O)(=O)CS(C)(=O)=O. The molecule has 10 heteroatoms.